The lowest BCUT2D eigenvalue weighted by Gasteiger charge is -2.25. The van der Waals surface area contributed by atoms with Crippen LogP contribution in [0.25, 0.3) is 0 Å². The predicted molar refractivity (Wildman–Crippen MR) is 81.4 cm³/mol. The molecule has 1 saturated heterocycles. The molecule has 2 atom stereocenters. The zero-order valence-electron chi connectivity index (χ0n) is 13.7. The van der Waals surface area contributed by atoms with Gasteiger partial charge in [-0.2, -0.15) is 0 Å². The molecule has 23 heavy (non-hydrogen) atoms. The number of carboxylic acid groups (broad SMARTS) is 1. The molecule has 0 aromatic heterocycles. The highest BCUT2D eigenvalue weighted by Crippen LogP contribution is 2.25. The van der Waals surface area contributed by atoms with E-state index in [1.807, 2.05) is 51.1 Å². The van der Waals surface area contributed by atoms with Crippen LogP contribution in [0.15, 0.2) is 30.3 Å². The van der Waals surface area contributed by atoms with E-state index >= 15 is 0 Å². The number of carbonyl (C=O) groups excluding carboxylic acids is 2. The predicted octanol–water partition coefficient (Wildman–Crippen LogP) is 1.33. The second-order valence-corrected chi connectivity index (χ2v) is 6.62. The topological polar surface area (TPSA) is 78.9 Å². The van der Waals surface area contributed by atoms with Gasteiger partial charge in [0, 0.05) is 6.42 Å². The Morgan fingerprint density at radius 3 is 2.48 bits per heavy atom. The number of hydrogen-bond donors (Lipinski definition) is 0. The van der Waals surface area contributed by atoms with Crippen LogP contribution in [-0.2, 0) is 20.9 Å². The number of carboxylic acids is 1. The average Bonchev–Trinajstić information content (AvgIpc) is 2.88. The Labute approximate surface area is 136 Å². The van der Waals surface area contributed by atoms with Crippen LogP contribution in [0.5, 0.6) is 0 Å². The molecule has 1 aliphatic rings. The molecule has 0 N–H and O–H groups in total. The molecular formula is C17H22NO5-. The second kappa shape index (κ2) is 7.00. The number of hydrogen-bond acceptors (Lipinski definition) is 5. The fourth-order valence-electron chi connectivity index (χ4n) is 2.61. The summed E-state index contributed by atoms with van der Waals surface area (Å²) in [4.78, 5) is 24.7. The Hall–Kier alpha value is -2.08. The molecule has 2 rings (SSSR count). The van der Waals surface area contributed by atoms with Crippen molar-refractivity contribution in [3.63, 3.8) is 0 Å². The molecule has 0 saturated carbocycles. The molecular weight excluding hydrogens is 298 g/mol. The Bertz CT molecular complexity index is 552. The van der Waals surface area contributed by atoms with Crippen LogP contribution in [0.4, 0.5) is 4.79 Å². The first-order chi connectivity index (χ1) is 10.8. The van der Waals surface area contributed by atoms with Gasteiger partial charge in [-0.3, -0.25) is 4.90 Å². The van der Waals surface area contributed by atoms with Crippen molar-refractivity contribution in [3.8, 4) is 0 Å². The lowest BCUT2D eigenvalue weighted by molar-refractivity contribution is -0.310. The zero-order chi connectivity index (χ0) is 17.0. The van der Waals surface area contributed by atoms with Crippen LogP contribution in [0.1, 0.15) is 32.8 Å². The maximum atomic E-state index is 12.2. The standard InChI is InChI=1S/C17H23NO5/c1-17(2,3)23-13-9-14(15(19)20)18(10-13)16(21)22-11-12-7-5-4-6-8-12/h4-8,13-14H,9-11H2,1-3H3,(H,19,20)/p-1/t13-,14+/m0/s1. The third-order valence-electron chi connectivity index (χ3n) is 3.49. The molecule has 0 bridgehead atoms. The highest BCUT2D eigenvalue weighted by molar-refractivity contribution is 5.79. The van der Waals surface area contributed by atoms with Gasteiger partial charge in [-0.25, -0.2) is 4.79 Å². The molecule has 0 radical (unpaired) electrons. The van der Waals surface area contributed by atoms with Gasteiger partial charge in [-0.15, -0.1) is 0 Å². The molecule has 0 aliphatic carbocycles. The van der Waals surface area contributed by atoms with Crippen LogP contribution < -0.4 is 5.11 Å². The van der Waals surface area contributed by atoms with Gasteiger partial charge in [0.1, 0.15) is 6.61 Å². The molecule has 1 fully saturated rings. The fraction of sp³-hybridized carbons (Fsp3) is 0.529. The summed E-state index contributed by atoms with van der Waals surface area (Å²) in [6.45, 7) is 5.94. The quantitative estimate of drug-likeness (QED) is 0.836. The number of rotatable bonds is 4. The number of likely N-dealkylation sites (tertiary alicyclic amines) is 1. The van der Waals surface area contributed by atoms with Crippen LogP contribution in [0, 0.1) is 0 Å². The van der Waals surface area contributed by atoms with Gasteiger partial charge < -0.3 is 19.4 Å². The summed E-state index contributed by atoms with van der Waals surface area (Å²) in [5.41, 5.74) is 0.429. The van der Waals surface area contributed by atoms with Gasteiger partial charge >= 0.3 is 6.09 Å². The second-order valence-electron chi connectivity index (χ2n) is 6.62. The van der Waals surface area contributed by atoms with Gasteiger partial charge in [0.2, 0.25) is 0 Å². The first kappa shape index (κ1) is 17.3. The number of benzene rings is 1. The van der Waals surface area contributed by atoms with Crippen molar-refractivity contribution in [2.45, 2.75) is 51.5 Å². The van der Waals surface area contributed by atoms with Crippen molar-refractivity contribution in [1.82, 2.24) is 4.90 Å². The molecule has 1 aliphatic heterocycles. The van der Waals surface area contributed by atoms with E-state index in [2.05, 4.69) is 0 Å². The number of ether oxygens (including phenoxy) is 2. The molecule has 1 heterocycles. The minimum atomic E-state index is -1.29. The zero-order valence-corrected chi connectivity index (χ0v) is 13.7. The van der Waals surface area contributed by atoms with E-state index in [1.165, 1.54) is 4.90 Å². The largest absolute Gasteiger partial charge is 0.548 e. The SMILES string of the molecule is CC(C)(C)O[C@H]1C[C@H](C(=O)[O-])N(C(=O)OCc2ccccc2)C1. The van der Waals surface area contributed by atoms with Crippen molar-refractivity contribution in [2.75, 3.05) is 6.54 Å². The Morgan fingerprint density at radius 1 is 1.26 bits per heavy atom. The molecule has 1 amide bonds. The number of aliphatic carboxylic acids is 1. The van der Waals surface area contributed by atoms with E-state index in [9.17, 15) is 14.7 Å². The summed E-state index contributed by atoms with van der Waals surface area (Å²) in [6.07, 6.45) is -0.801. The van der Waals surface area contributed by atoms with Gasteiger partial charge in [0.15, 0.2) is 0 Å². The normalized spacial score (nSPS) is 21.3. The third kappa shape index (κ3) is 4.96. The smallest absolute Gasteiger partial charge is 0.410 e. The van der Waals surface area contributed by atoms with Crippen LogP contribution in [0.2, 0.25) is 0 Å². The van der Waals surface area contributed by atoms with E-state index < -0.39 is 23.7 Å². The molecule has 6 heteroatoms. The average molecular weight is 320 g/mol. The van der Waals surface area contributed by atoms with Crippen molar-refractivity contribution in [3.05, 3.63) is 35.9 Å². The summed E-state index contributed by atoms with van der Waals surface area (Å²) in [7, 11) is 0. The highest BCUT2D eigenvalue weighted by atomic mass is 16.6. The Morgan fingerprint density at radius 2 is 1.91 bits per heavy atom. The molecule has 6 nitrogen and oxygen atoms in total. The van der Waals surface area contributed by atoms with E-state index in [-0.39, 0.29) is 25.7 Å². The van der Waals surface area contributed by atoms with E-state index in [0.29, 0.717) is 0 Å². The summed E-state index contributed by atoms with van der Waals surface area (Å²) in [5.74, 6) is -1.29. The Balaban J connectivity index is 1.97. The van der Waals surface area contributed by atoms with Crippen molar-refractivity contribution in [1.29, 1.82) is 0 Å². The fourth-order valence-corrected chi connectivity index (χ4v) is 2.61. The van der Waals surface area contributed by atoms with Crippen molar-refractivity contribution < 1.29 is 24.2 Å². The van der Waals surface area contributed by atoms with Crippen LogP contribution >= 0.6 is 0 Å². The highest BCUT2D eigenvalue weighted by Gasteiger charge is 2.39. The first-order valence-corrected chi connectivity index (χ1v) is 7.62. The minimum absolute atomic E-state index is 0.0980. The maximum Gasteiger partial charge on any atom is 0.410 e. The number of amides is 1. The van der Waals surface area contributed by atoms with E-state index in [0.717, 1.165) is 5.56 Å². The van der Waals surface area contributed by atoms with Gasteiger partial charge in [-0.05, 0) is 26.3 Å². The number of carbonyl (C=O) groups is 2. The monoisotopic (exact) mass is 320 g/mol. The van der Waals surface area contributed by atoms with Crippen molar-refractivity contribution in [2.24, 2.45) is 0 Å². The van der Waals surface area contributed by atoms with Gasteiger partial charge in [0.05, 0.1) is 30.3 Å². The molecule has 1 aromatic carbocycles. The lowest BCUT2D eigenvalue weighted by atomic mass is 10.1. The molecule has 0 spiro atoms. The van der Waals surface area contributed by atoms with Gasteiger partial charge in [0.25, 0.3) is 0 Å². The number of nitrogens with zero attached hydrogens (tertiary/aromatic N) is 1. The summed E-state index contributed by atoms with van der Waals surface area (Å²) >= 11 is 0. The minimum Gasteiger partial charge on any atom is -0.548 e. The molecule has 1 aromatic rings. The van der Waals surface area contributed by atoms with Crippen LogP contribution in [0.3, 0.4) is 0 Å². The Kier molecular flexibility index (Phi) is 5.26. The van der Waals surface area contributed by atoms with Gasteiger partial charge in [-0.1, -0.05) is 30.3 Å². The van der Waals surface area contributed by atoms with E-state index in [4.69, 9.17) is 9.47 Å². The lowest BCUT2D eigenvalue weighted by Crippen LogP contribution is -2.47. The summed E-state index contributed by atoms with van der Waals surface area (Å²) < 4.78 is 11.0. The first-order valence-electron chi connectivity index (χ1n) is 7.62. The summed E-state index contributed by atoms with van der Waals surface area (Å²) in [5, 5.41) is 11.3. The third-order valence-corrected chi connectivity index (χ3v) is 3.49. The maximum absolute atomic E-state index is 12.2. The van der Waals surface area contributed by atoms with Crippen molar-refractivity contribution >= 4 is 12.1 Å². The van der Waals surface area contributed by atoms with Crippen LogP contribution in [-0.4, -0.2) is 41.3 Å². The molecule has 126 valence electrons. The summed E-state index contributed by atoms with van der Waals surface area (Å²) in [6, 6.07) is 8.20. The van der Waals surface area contributed by atoms with E-state index in [1.54, 1.807) is 0 Å². The molecule has 0 unspecified atom stereocenters.